The average molecular weight is 254 g/mol. The molecule has 102 valence electrons. The van der Waals surface area contributed by atoms with Crippen LogP contribution < -0.4 is 16.0 Å². The Labute approximate surface area is 107 Å². The Morgan fingerprint density at radius 1 is 1.39 bits per heavy atom. The Morgan fingerprint density at radius 3 is 2.94 bits per heavy atom. The fourth-order valence-electron chi connectivity index (χ4n) is 2.83. The number of carbonyl (C=O) groups is 2. The van der Waals surface area contributed by atoms with Crippen molar-refractivity contribution in [2.45, 2.75) is 25.3 Å². The van der Waals surface area contributed by atoms with Crippen LogP contribution in [0.25, 0.3) is 0 Å². The van der Waals surface area contributed by atoms with Crippen LogP contribution in [0.4, 0.5) is 4.79 Å². The van der Waals surface area contributed by atoms with Crippen molar-refractivity contribution in [1.82, 2.24) is 20.9 Å². The number of carbonyl (C=O) groups excluding carboxylic acids is 2. The number of nitrogens with zero attached hydrogens (tertiary/aromatic N) is 1. The largest absolute Gasteiger partial charge is 0.341 e. The van der Waals surface area contributed by atoms with Gasteiger partial charge in [0, 0.05) is 39.1 Å². The van der Waals surface area contributed by atoms with Gasteiger partial charge in [0.2, 0.25) is 5.91 Å². The van der Waals surface area contributed by atoms with Crippen molar-refractivity contribution in [2.75, 3.05) is 33.2 Å². The van der Waals surface area contributed by atoms with Gasteiger partial charge in [-0.25, -0.2) is 4.79 Å². The van der Waals surface area contributed by atoms with Crippen LogP contribution in [0.15, 0.2) is 0 Å². The van der Waals surface area contributed by atoms with Crippen molar-refractivity contribution in [1.29, 1.82) is 0 Å². The molecule has 2 fully saturated rings. The van der Waals surface area contributed by atoms with Crippen LogP contribution in [0.1, 0.15) is 19.3 Å². The Morgan fingerprint density at radius 2 is 2.22 bits per heavy atom. The van der Waals surface area contributed by atoms with Crippen LogP contribution >= 0.6 is 0 Å². The molecule has 3 N–H and O–H groups in total. The van der Waals surface area contributed by atoms with Gasteiger partial charge >= 0.3 is 6.03 Å². The van der Waals surface area contributed by atoms with Gasteiger partial charge in [0.1, 0.15) is 0 Å². The van der Waals surface area contributed by atoms with E-state index in [1.165, 1.54) is 19.9 Å². The molecule has 0 unspecified atom stereocenters. The molecule has 2 rings (SSSR count). The summed E-state index contributed by atoms with van der Waals surface area (Å²) in [6.45, 7) is 3.95. The van der Waals surface area contributed by atoms with Gasteiger partial charge in [-0.1, -0.05) is 0 Å². The van der Waals surface area contributed by atoms with Crippen LogP contribution in [0.3, 0.4) is 0 Å². The van der Waals surface area contributed by atoms with E-state index in [9.17, 15) is 9.59 Å². The molecule has 0 aromatic rings. The average Bonchev–Trinajstić information content (AvgIpc) is 2.79. The molecule has 2 aliphatic rings. The monoisotopic (exact) mass is 254 g/mol. The third-order valence-electron chi connectivity index (χ3n) is 3.81. The number of imide groups is 1. The first-order chi connectivity index (χ1) is 8.69. The minimum Gasteiger partial charge on any atom is -0.341 e. The second-order valence-electron chi connectivity index (χ2n) is 5.10. The van der Waals surface area contributed by atoms with Crippen LogP contribution in [-0.4, -0.2) is 56.1 Å². The van der Waals surface area contributed by atoms with Crippen molar-refractivity contribution < 1.29 is 9.59 Å². The second-order valence-corrected chi connectivity index (χ2v) is 5.10. The maximum atomic E-state index is 11.5. The first-order valence-corrected chi connectivity index (χ1v) is 6.66. The molecule has 0 aromatic heterocycles. The number of nitrogens with one attached hydrogen (secondary N) is 3. The van der Waals surface area contributed by atoms with Crippen molar-refractivity contribution in [3.05, 3.63) is 0 Å². The number of fused-ring (bicyclic) bond motifs is 1. The molecule has 2 aliphatic heterocycles. The van der Waals surface area contributed by atoms with Gasteiger partial charge in [-0.3, -0.25) is 10.1 Å². The zero-order chi connectivity index (χ0) is 13.0. The highest BCUT2D eigenvalue weighted by molar-refractivity contribution is 5.94. The molecule has 0 bridgehead atoms. The predicted molar refractivity (Wildman–Crippen MR) is 68.2 cm³/mol. The first kappa shape index (κ1) is 13.3. The molecule has 0 aliphatic carbocycles. The van der Waals surface area contributed by atoms with Crippen LogP contribution in [0.5, 0.6) is 0 Å². The van der Waals surface area contributed by atoms with Gasteiger partial charge in [-0.05, 0) is 25.3 Å². The normalized spacial score (nSPS) is 27.6. The summed E-state index contributed by atoms with van der Waals surface area (Å²) in [5.74, 6) is 0.526. The van der Waals surface area contributed by atoms with Crippen molar-refractivity contribution >= 4 is 11.9 Å². The number of urea groups is 1. The van der Waals surface area contributed by atoms with Crippen molar-refractivity contribution in [2.24, 2.45) is 5.92 Å². The minimum atomic E-state index is -0.434. The lowest BCUT2D eigenvalue weighted by molar-refractivity contribution is -0.120. The van der Waals surface area contributed by atoms with Crippen molar-refractivity contribution in [3.63, 3.8) is 0 Å². The highest BCUT2D eigenvalue weighted by Gasteiger charge is 2.33. The Bertz CT molecular complexity index is 307. The molecule has 0 spiro atoms. The zero-order valence-corrected chi connectivity index (χ0v) is 10.9. The van der Waals surface area contributed by atoms with E-state index in [0.717, 1.165) is 32.1 Å². The molecule has 0 radical (unpaired) electrons. The standard InChI is InChI=1S/C12H22N4O2/c1-13-12(18)15-11(17)4-6-16-7-9-3-2-5-14-10(9)8-16/h9-10,14H,2-8H2,1H3,(H2,13,15,17,18)/t9-,10+/m0/s1. The van der Waals surface area contributed by atoms with E-state index in [1.54, 1.807) is 0 Å². The lowest BCUT2D eigenvalue weighted by atomic mass is 9.94. The van der Waals surface area contributed by atoms with Gasteiger partial charge in [0.15, 0.2) is 0 Å². The van der Waals surface area contributed by atoms with E-state index in [4.69, 9.17) is 0 Å². The van der Waals surface area contributed by atoms with Gasteiger partial charge in [0.25, 0.3) is 0 Å². The summed E-state index contributed by atoms with van der Waals surface area (Å²) in [5.41, 5.74) is 0. The number of hydrogen-bond acceptors (Lipinski definition) is 4. The lowest BCUT2D eigenvalue weighted by Gasteiger charge is -2.24. The number of rotatable bonds is 3. The molecule has 6 heteroatoms. The number of piperidine rings is 1. The maximum Gasteiger partial charge on any atom is 0.321 e. The maximum absolute atomic E-state index is 11.5. The van der Waals surface area contributed by atoms with Crippen LogP contribution in [0, 0.1) is 5.92 Å². The summed E-state index contributed by atoms with van der Waals surface area (Å²) in [4.78, 5) is 24.7. The SMILES string of the molecule is CNC(=O)NC(=O)CCN1C[C@@H]2CCCN[C@@H]2C1. The van der Waals surface area contributed by atoms with E-state index < -0.39 is 6.03 Å². The third-order valence-corrected chi connectivity index (χ3v) is 3.81. The smallest absolute Gasteiger partial charge is 0.321 e. The predicted octanol–water partition coefficient (Wildman–Crippen LogP) is -0.484. The van der Waals surface area contributed by atoms with E-state index in [0.29, 0.717) is 12.5 Å². The van der Waals surface area contributed by atoms with Gasteiger partial charge in [-0.2, -0.15) is 0 Å². The number of amides is 3. The topological polar surface area (TPSA) is 73.5 Å². The Hall–Kier alpha value is -1.14. The second kappa shape index (κ2) is 6.15. The van der Waals surface area contributed by atoms with Crippen molar-refractivity contribution in [3.8, 4) is 0 Å². The summed E-state index contributed by atoms with van der Waals surface area (Å²) in [6.07, 6.45) is 2.93. The summed E-state index contributed by atoms with van der Waals surface area (Å²) in [6, 6.07) is 0.164. The molecular formula is C12H22N4O2. The van der Waals surface area contributed by atoms with Gasteiger partial charge < -0.3 is 15.5 Å². The molecule has 6 nitrogen and oxygen atoms in total. The number of likely N-dealkylation sites (tertiary alicyclic amines) is 1. The summed E-state index contributed by atoms with van der Waals surface area (Å²) in [5, 5.41) is 8.19. The van der Waals surface area contributed by atoms with Gasteiger partial charge in [-0.15, -0.1) is 0 Å². The zero-order valence-electron chi connectivity index (χ0n) is 10.9. The Kier molecular flexibility index (Phi) is 4.54. The molecule has 3 amide bonds. The summed E-state index contributed by atoms with van der Waals surface area (Å²) in [7, 11) is 1.50. The Balaban J connectivity index is 1.68. The van der Waals surface area contributed by atoms with E-state index in [2.05, 4.69) is 20.9 Å². The van der Waals surface area contributed by atoms with Gasteiger partial charge in [0.05, 0.1) is 0 Å². The molecule has 2 atom stereocenters. The molecular weight excluding hydrogens is 232 g/mol. The minimum absolute atomic E-state index is 0.211. The molecule has 2 heterocycles. The van der Waals surface area contributed by atoms with Crippen LogP contribution in [0.2, 0.25) is 0 Å². The highest BCUT2D eigenvalue weighted by Crippen LogP contribution is 2.24. The fourth-order valence-corrected chi connectivity index (χ4v) is 2.83. The molecule has 2 saturated heterocycles. The van der Waals surface area contributed by atoms with Crippen LogP contribution in [-0.2, 0) is 4.79 Å². The van der Waals surface area contributed by atoms with E-state index >= 15 is 0 Å². The molecule has 18 heavy (non-hydrogen) atoms. The summed E-state index contributed by atoms with van der Waals surface area (Å²) < 4.78 is 0. The summed E-state index contributed by atoms with van der Waals surface area (Å²) >= 11 is 0. The first-order valence-electron chi connectivity index (χ1n) is 6.66. The third kappa shape index (κ3) is 3.43. The molecule has 0 aromatic carbocycles. The highest BCUT2D eigenvalue weighted by atomic mass is 16.2. The van der Waals surface area contributed by atoms with E-state index in [-0.39, 0.29) is 5.91 Å². The van der Waals surface area contributed by atoms with E-state index in [1.807, 2.05) is 0 Å². The molecule has 0 saturated carbocycles. The fraction of sp³-hybridized carbons (Fsp3) is 0.833. The number of hydrogen-bond donors (Lipinski definition) is 3. The lowest BCUT2D eigenvalue weighted by Crippen LogP contribution is -2.41. The quantitative estimate of drug-likeness (QED) is 0.636.